The summed E-state index contributed by atoms with van der Waals surface area (Å²) in [6.07, 6.45) is 8.42. The van der Waals surface area contributed by atoms with Gasteiger partial charge in [-0.25, -0.2) is 8.42 Å². The van der Waals surface area contributed by atoms with E-state index in [2.05, 4.69) is 36.4 Å². The Balaban J connectivity index is 0.00000300. The molecule has 0 amide bonds. The zero-order chi connectivity index (χ0) is 20.0. The van der Waals surface area contributed by atoms with Gasteiger partial charge in [0.15, 0.2) is 9.84 Å². The van der Waals surface area contributed by atoms with Crippen molar-refractivity contribution in [3.63, 3.8) is 0 Å². The average molecular weight is 450 g/mol. The van der Waals surface area contributed by atoms with E-state index in [0.717, 1.165) is 12.8 Å². The molecule has 0 fully saturated rings. The Kier molecular flexibility index (Phi) is 8.56. The maximum atomic E-state index is 12.7. The third-order valence-electron chi connectivity index (χ3n) is 5.46. The maximum absolute atomic E-state index is 12.7. The van der Waals surface area contributed by atoms with Crippen molar-refractivity contribution in [2.75, 3.05) is 18.6 Å². The number of aryl methyl sites for hydroxylation is 1. The van der Waals surface area contributed by atoms with Crippen LogP contribution in [0.1, 0.15) is 37.7 Å². The number of sulfone groups is 1. The molecule has 3 rings (SSSR count). The van der Waals surface area contributed by atoms with Crippen molar-refractivity contribution in [3.8, 4) is 0 Å². The molecule has 0 N–H and O–H groups in total. The van der Waals surface area contributed by atoms with E-state index in [1.165, 1.54) is 23.4 Å². The SMILES string of the molecule is COC(=O)CC1(CS(=O)(=O)CCCCc2cccc3ccccc23)C[C-]=CC1.[V]. The number of esters is 1. The number of carbonyl (C=O) groups excluding carboxylic acids is 1. The van der Waals surface area contributed by atoms with Gasteiger partial charge in [0.2, 0.25) is 0 Å². The van der Waals surface area contributed by atoms with Crippen molar-refractivity contribution in [2.24, 2.45) is 5.41 Å². The first-order valence-electron chi connectivity index (χ1n) is 9.72. The number of carbonyl (C=O) groups is 1. The van der Waals surface area contributed by atoms with Crippen LogP contribution in [0.5, 0.6) is 0 Å². The van der Waals surface area contributed by atoms with Crippen molar-refractivity contribution in [3.05, 3.63) is 60.2 Å². The summed E-state index contributed by atoms with van der Waals surface area (Å²) >= 11 is 0. The number of hydrogen-bond donors (Lipinski definition) is 0. The predicted octanol–water partition coefficient (Wildman–Crippen LogP) is 4.28. The first-order valence-corrected chi connectivity index (χ1v) is 11.5. The molecule has 1 aliphatic carbocycles. The third-order valence-corrected chi connectivity index (χ3v) is 7.42. The molecule has 1 atom stereocenters. The minimum absolute atomic E-state index is 0. The number of allylic oxidation sites excluding steroid dienone is 2. The molecule has 1 unspecified atom stereocenters. The number of methoxy groups -OCH3 is 1. The fourth-order valence-electron chi connectivity index (χ4n) is 4.01. The first kappa shape index (κ1) is 23.7. The fraction of sp³-hybridized carbons (Fsp3) is 0.435. The van der Waals surface area contributed by atoms with Gasteiger partial charge in [-0.15, -0.1) is 0 Å². The second-order valence-electron chi connectivity index (χ2n) is 7.73. The molecular weight excluding hydrogens is 423 g/mol. The molecule has 0 spiro atoms. The quantitative estimate of drug-likeness (QED) is 0.325. The number of unbranched alkanes of at least 4 members (excludes halogenated alkanes) is 1. The molecule has 2 aromatic rings. The van der Waals surface area contributed by atoms with E-state index in [0.29, 0.717) is 19.3 Å². The van der Waals surface area contributed by atoms with Crippen LogP contribution in [0.4, 0.5) is 0 Å². The topological polar surface area (TPSA) is 60.4 Å². The van der Waals surface area contributed by atoms with Crippen LogP contribution in [0, 0.1) is 11.5 Å². The average Bonchev–Trinajstić information content (AvgIpc) is 3.12. The molecule has 1 aliphatic rings. The number of ether oxygens (including phenoxy) is 1. The summed E-state index contributed by atoms with van der Waals surface area (Å²) in [5, 5.41) is 2.44. The molecule has 0 bridgehead atoms. The molecule has 0 saturated heterocycles. The molecule has 6 heteroatoms. The second-order valence-corrected chi connectivity index (χ2v) is 9.91. The van der Waals surface area contributed by atoms with E-state index in [1.807, 2.05) is 18.2 Å². The molecule has 4 nitrogen and oxygen atoms in total. The van der Waals surface area contributed by atoms with Crippen molar-refractivity contribution in [1.29, 1.82) is 0 Å². The molecule has 0 aromatic heterocycles. The van der Waals surface area contributed by atoms with Crippen LogP contribution in [0.2, 0.25) is 0 Å². The summed E-state index contributed by atoms with van der Waals surface area (Å²) < 4.78 is 30.1. The van der Waals surface area contributed by atoms with Crippen LogP contribution >= 0.6 is 0 Å². The Morgan fingerprint density at radius 2 is 1.90 bits per heavy atom. The number of benzene rings is 2. The van der Waals surface area contributed by atoms with Crippen molar-refractivity contribution >= 4 is 26.6 Å². The first-order chi connectivity index (χ1) is 13.4. The van der Waals surface area contributed by atoms with E-state index >= 15 is 0 Å². The van der Waals surface area contributed by atoms with Crippen LogP contribution < -0.4 is 0 Å². The van der Waals surface area contributed by atoms with E-state index in [9.17, 15) is 13.2 Å². The van der Waals surface area contributed by atoms with Gasteiger partial charge in [-0.05, 0) is 41.0 Å². The second kappa shape index (κ2) is 10.5. The Labute approximate surface area is 185 Å². The maximum Gasteiger partial charge on any atom is 0.306 e. The van der Waals surface area contributed by atoms with Crippen molar-refractivity contribution in [2.45, 2.75) is 38.5 Å². The van der Waals surface area contributed by atoms with Crippen molar-refractivity contribution in [1.82, 2.24) is 0 Å². The smallest absolute Gasteiger partial charge is 0.306 e. The van der Waals surface area contributed by atoms with E-state index < -0.39 is 15.3 Å². The Morgan fingerprint density at radius 1 is 1.14 bits per heavy atom. The molecule has 1 radical (unpaired) electrons. The van der Waals surface area contributed by atoms with Crippen LogP contribution in [-0.2, 0) is 44.3 Å². The monoisotopic (exact) mass is 450 g/mol. The molecule has 2 aromatic carbocycles. The molecule has 155 valence electrons. The summed E-state index contributed by atoms with van der Waals surface area (Å²) in [6, 6.07) is 14.5. The number of rotatable bonds is 9. The summed E-state index contributed by atoms with van der Waals surface area (Å²) in [6.45, 7) is 0. The van der Waals surface area contributed by atoms with Gasteiger partial charge in [0.05, 0.1) is 18.6 Å². The molecule has 0 heterocycles. The molecule has 29 heavy (non-hydrogen) atoms. The summed E-state index contributed by atoms with van der Waals surface area (Å²) in [5.74, 6) is -0.184. The fourth-order valence-corrected chi connectivity index (χ4v) is 6.05. The van der Waals surface area contributed by atoms with Gasteiger partial charge in [0, 0.05) is 25.0 Å². The van der Waals surface area contributed by atoms with Crippen molar-refractivity contribution < 1.29 is 36.5 Å². The molecular formula is C23H27O4SV-. The largest absolute Gasteiger partial charge is 0.500 e. The van der Waals surface area contributed by atoms with E-state index in [4.69, 9.17) is 4.74 Å². The van der Waals surface area contributed by atoms with Crippen LogP contribution in [0.3, 0.4) is 0 Å². The number of hydrogen-bond acceptors (Lipinski definition) is 4. The van der Waals surface area contributed by atoms with Gasteiger partial charge >= 0.3 is 5.97 Å². The van der Waals surface area contributed by atoms with Crippen LogP contribution in [0.15, 0.2) is 48.5 Å². The predicted molar refractivity (Wildman–Crippen MR) is 112 cm³/mol. The summed E-state index contributed by atoms with van der Waals surface area (Å²) in [5.41, 5.74) is 0.675. The van der Waals surface area contributed by atoms with Gasteiger partial charge in [-0.3, -0.25) is 10.9 Å². The van der Waals surface area contributed by atoms with Gasteiger partial charge in [0.1, 0.15) is 0 Å². The normalized spacial score (nSPS) is 18.5. The van der Waals surface area contributed by atoms with Gasteiger partial charge in [-0.2, -0.15) is 6.42 Å². The standard InChI is InChI=1S/C23H27O4S.V/c1-27-22(24)17-23(14-5-6-15-23)18-28(25,26)16-7-4-10-20-12-8-11-19-9-2-3-13-21(19)20;/h2-3,5,8-9,11-13H,4,7,10,14-18H2,1H3;/q-1;. The Hall–Kier alpha value is -1.56. The zero-order valence-electron chi connectivity index (χ0n) is 16.8. The van der Waals surface area contributed by atoms with E-state index in [1.54, 1.807) is 0 Å². The van der Waals surface area contributed by atoms with Gasteiger partial charge < -0.3 is 10.8 Å². The number of fused-ring (bicyclic) bond motifs is 1. The van der Waals surface area contributed by atoms with Crippen LogP contribution in [0.25, 0.3) is 10.8 Å². The van der Waals surface area contributed by atoms with Gasteiger partial charge in [-0.1, -0.05) is 48.9 Å². The third kappa shape index (κ3) is 6.46. The molecule has 0 saturated carbocycles. The Morgan fingerprint density at radius 3 is 2.62 bits per heavy atom. The Bertz CT molecular complexity index is 953. The van der Waals surface area contributed by atoms with Crippen LogP contribution in [-0.4, -0.2) is 33.0 Å². The zero-order valence-corrected chi connectivity index (χ0v) is 19.0. The molecule has 0 aliphatic heterocycles. The van der Waals surface area contributed by atoms with E-state index in [-0.39, 0.29) is 42.5 Å². The summed E-state index contributed by atoms with van der Waals surface area (Å²) in [4.78, 5) is 11.7. The summed E-state index contributed by atoms with van der Waals surface area (Å²) in [7, 11) is -1.90. The minimum atomic E-state index is -3.24. The van der Waals surface area contributed by atoms with Gasteiger partial charge in [0.25, 0.3) is 0 Å². The minimum Gasteiger partial charge on any atom is -0.500 e.